The zero-order chi connectivity index (χ0) is 13.0. The van der Waals surface area contributed by atoms with E-state index in [4.69, 9.17) is 5.11 Å². The second-order valence-electron chi connectivity index (χ2n) is 4.91. The van der Waals surface area contributed by atoms with Crippen molar-refractivity contribution in [2.24, 2.45) is 5.92 Å². The van der Waals surface area contributed by atoms with Gasteiger partial charge in [0.05, 0.1) is 10.7 Å². The SMILES string of the molecule is CCc1nc(CN2CCC(CCC(=O)O)C2)cs1. The van der Waals surface area contributed by atoms with Gasteiger partial charge in [0, 0.05) is 24.9 Å². The summed E-state index contributed by atoms with van der Waals surface area (Å²) in [5, 5.41) is 12.0. The van der Waals surface area contributed by atoms with E-state index in [1.807, 2.05) is 0 Å². The molecule has 100 valence electrons. The number of carboxylic acids is 1. The van der Waals surface area contributed by atoms with Gasteiger partial charge in [-0.3, -0.25) is 9.69 Å². The predicted molar refractivity (Wildman–Crippen MR) is 71.7 cm³/mol. The van der Waals surface area contributed by atoms with Crippen molar-refractivity contribution in [2.75, 3.05) is 13.1 Å². The van der Waals surface area contributed by atoms with Gasteiger partial charge in [-0.25, -0.2) is 4.98 Å². The number of carbonyl (C=O) groups is 1. The van der Waals surface area contributed by atoms with Gasteiger partial charge >= 0.3 is 5.97 Å². The summed E-state index contributed by atoms with van der Waals surface area (Å²) >= 11 is 1.73. The van der Waals surface area contributed by atoms with Crippen LogP contribution in [0.4, 0.5) is 0 Å². The van der Waals surface area contributed by atoms with Crippen LogP contribution in [-0.4, -0.2) is 34.0 Å². The number of hydrogen-bond acceptors (Lipinski definition) is 4. The second kappa shape index (κ2) is 6.29. The fraction of sp³-hybridized carbons (Fsp3) is 0.692. The van der Waals surface area contributed by atoms with Gasteiger partial charge in [-0.2, -0.15) is 0 Å². The van der Waals surface area contributed by atoms with E-state index in [1.165, 1.54) is 5.01 Å². The molecule has 2 heterocycles. The summed E-state index contributed by atoms with van der Waals surface area (Å²) in [5.74, 6) is -0.133. The van der Waals surface area contributed by atoms with Gasteiger partial charge in [-0.05, 0) is 31.7 Å². The number of aliphatic carboxylic acids is 1. The molecule has 1 aromatic rings. The summed E-state index contributed by atoms with van der Waals surface area (Å²) in [6, 6.07) is 0. The van der Waals surface area contributed by atoms with Crippen molar-refractivity contribution in [3.05, 3.63) is 16.1 Å². The average molecular weight is 268 g/mol. The Morgan fingerprint density at radius 2 is 2.50 bits per heavy atom. The quantitative estimate of drug-likeness (QED) is 0.860. The van der Waals surface area contributed by atoms with Crippen LogP contribution in [0, 0.1) is 5.92 Å². The number of aryl methyl sites for hydroxylation is 1. The van der Waals surface area contributed by atoms with Gasteiger partial charge < -0.3 is 5.11 Å². The normalized spacial score (nSPS) is 20.4. The van der Waals surface area contributed by atoms with Gasteiger partial charge in [0.15, 0.2) is 0 Å². The smallest absolute Gasteiger partial charge is 0.303 e. The van der Waals surface area contributed by atoms with Crippen molar-refractivity contribution in [3.63, 3.8) is 0 Å². The highest BCUT2D eigenvalue weighted by molar-refractivity contribution is 7.09. The lowest BCUT2D eigenvalue weighted by atomic mass is 10.0. The van der Waals surface area contributed by atoms with E-state index in [0.29, 0.717) is 12.3 Å². The van der Waals surface area contributed by atoms with Gasteiger partial charge in [-0.15, -0.1) is 11.3 Å². The first-order valence-electron chi connectivity index (χ1n) is 6.54. The number of hydrogen-bond donors (Lipinski definition) is 1. The Balaban J connectivity index is 1.76. The Morgan fingerprint density at radius 3 is 3.17 bits per heavy atom. The van der Waals surface area contributed by atoms with Crippen molar-refractivity contribution in [1.29, 1.82) is 0 Å². The van der Waals surface area contributed by atoms with Crippen LogP contribution in [0.15, 0.2) is 5.38 Å². The maximum absolute atomic E-state index is 10.5. The second-order valence-corrected chi connectivity index (χ2v) is 5.85. The minimum atomic E-state index is -0.680. The standard InChI is InChI=1S/C13H20N2O2S/c1-2-12-14-11(9-18-12)8-15-6-5-10(7-15)3-4-13(16)17/h9-10H,2-8H2,1H3,(H,16,17). The molecule has 1 N–H and O–H groups in total. The fourth-order valence-corrected chi connectivity index (χ4v) is 3.17. The van der Waals surface area contributed by atoms with Crippen LogP contribution in [0.5, 0.6) is 0 Å². The fourth-order valence-electron chi connectivity index (χ4n) is 2.43. The van der Waals surface area contributed by atoms with Crippen LogP contribution in [0.3, 0.4) is 0 Å². The Bertz CT molecular complexity index is 405. The van der Waals surface area contributed by atoms with Crippen molar-refractivity contribution < 1.29 is 9.90 Å². The molecule has 1 saturated heterocycles. The number of nitrogens with zero attached hydrogens (tertiary/aromatic N) is 2. The van der Waals surface area contributed by atoms with Crippen LogP contribution in [0.25, 0.3) is 0 Å². The van der Waals surface area contributed by atoms with E-state index in [0.717, 1.165) is 44.6 Å². The lowest BCUT2D eigenvalue weighted by molar-refractivity contribution is -0.137. The third-order valence-corrected chi connectivity index (χ3v) is 4.47. The molecule has 1 aromatic heterocycles. The third-order valence-electron chi connectivity index (χ3n) is 3.42. The number of carboxylic acid groups (broad SMARTS) is 1. The predicted octanol–water partition coefficient (Wildman–Crippen LogP) is 2.39. The molecular weight excluding hydrogens is 248 g/mol. The van der Waals surface area contributed by atoms with Crippen molar-refractivity contribution in [1.82, 2.24) is 9.88 Å². The van der Waals surface area contributed by atoms with Crippen LogP contribution < -0.4 is 0 Å². The van der Waals surface area contributed by atoms with Gasteiger partial charge in [-0.1, -0.05) is 6.92 Å². The molecule has 1 fully saturated rings. The highest BCUT2D eigenvalue weighted by Gasteiger charge is 2.23. The molecule has 0 amide bonds. The Morgan fingerprint density at radius 1 is 1.67 bits per heavy atom. The van der Waals surface area contributed by atoms with Gasteiger partial charge in [0.2, 0.25) is 0 Å². The van der Waals surface area contributed by atoms with E-state index in [1.54, 1.807) is 11.3 Å². The maximum Gasteiger partial charge on any atom is 0.303 e. The van der Waals surface area contributed by atoms with Crippen LogP contribution >= 0.6 is 11.3 Å². The number of aromatic nitrogens is 1. The van der Waals surface area contributed by atoms with Crippen molar-refractivity contribution in [2.45, 2.75) is 39.2 Å². The first-order valence-corrected chi connectivity index (χ1v) is 7.42. The number of thiazole rings is 1. The molecule has 4 nitrogen and oxygen atoms in total. The minimum Gasteiger partial charge on any atom is -0.481 e. The maximum atomic E-state index is 10.5. The van der Waals surface area contributed by atoms with Gasteiger partial charge in [0.1, 0.15) is 0 Å². The summed E-state index contributed by atoms with van der Waals surface area (Å²) in [4.78, 5) is 17.5. The molecule has 5 heteroatoms. The molecule has 0 aliphatic carbocycles. The van der Waals surface area contributed by atoms with E-state index >= 15 is 0 Å². The molecule has 0 spiro atoms. The van der Waals surface area contributed by atoms with E-state index in [2.05, 4.69) is 22.2 Å². The summed E-state index contributed by atoms with van der Waals surface area (Å²) in [6.07, 6.45) is 3.24. The molecule has 1 aliphatic rings. The number of likely N-dealkylation sites (tertiary alicyclic amines) is 1. The molecule has 0 radical (unpaired) electrons. The topological polar surface area (TPSA) is 53.4 Å². The molecular formula is C13H20N2O2S. The molecule has 0 aromatic carbocycles. The monoisotopic (exact) mass is 268 g/mol. The lowest BCUT2D eigenvalue weighted by Gasteiger charge is -2.14. The highest BCUT2D eigenvalue weighted by Crippen LogP contribution is 2.23. The summed E-state index contributed by atoms with van der Waals surface area (Å²) in [5.41, 5.74) is 1.16. The zero-order valence-corrected chi connectivity index (χ0v) is 11.6. The number of rotatable bonds is 6. The Kier molecular flexibility index (Phi) is 4.72. The van der Waals surface area contributed by atoms with Crippen LogP contribution in [-0.2, 0) is 17.8 Å². The molecule has 18 heavy (non-hydrogen) atoms. The largest absolute Gasteiger partial charge is 0.481 e. The van der Waals surface area contributed by atoms with Crippen LogP contribution in [0.2, 0.25) is 0 Å². The minimum absolute atomic E-state index is 0.301. The highest BCUT2D eigenvalue weighted by atomic mass is 32.1. The zero-order valence-electron chi connectivity index (χ0n) is 10.8. The average Bonchev–Trinajstić information content (AvgIpc) is 2.96. The first kappa shape index (κ1) is 13.5. The van der Waals surface area contributed by atoms with Crippen LogP contribution in [0.1, 0.15) is 36.9 Å². The van der Waals surface area contributed by atoms with Crippen molar-refractivity contribution in [3.8, 4) is 0 Å². The third kappa shape index (κ3) is 3.78. The Hall–Kier alpha value is -0.940. The molecule has 0 bridgehead atoms. The first-order chi connectivity index (χ1) is 8.67. The summed E-state index contributed by atoms with van der Waals surface area (Å²) in [7, 11) is 0. The molecule has 1 aliphatic heterocycles. The lowest BCUT2D eigenvalue weighted by Crippen LogP contribution is -2.20. The van der Waals surface area contributed by atoms with E-state index < -0.39 is 5.97 Å². The molecule has 1 unspecified atom stereocenters. The van der Waals surface area contributed by atoms with E-state index in [9.17, 15) is 4.79 Å². The summed E-state index contributed by atoms with van der Waals surface area (Å²) < 4.78 is 0. The Labute approximate surface area is 112 Å². The molecule has 1 atom stereocenters. The van der Waals surface area contributed by atoms with Crippen molar-refractivity contribution >= 4 is 17.3 Å². The van der Waals surface area contributed by atoms with E-state index in [-0.39, 0.29) is 0 Å². The van der Waals surface area contributed by atoms with Gasteiger partial charge in [0.25, 0.3) is 0 Å². The molecule has 0 saturated carbocycles. The summed E-state index contributed by atoms with van der Waals surface area (Å²) in [6.45, 7) is 5.13. The molecule has 2 rings (SSSR count).